The number of aryl methyl sites for hydroxylation is 1. The zero-order valence-corrected chi connectivity index (χ0v) is 15.0. The van der Waals surface area contributed by atoms with Gasteiger partial charge in [0.25, 0.3) is 0 Å². The van der Waals surface area contributed by atoms with Crippen LogP contribution in [-0.2, 0) is 11.8 Å². The molecular formula is C14H24IN5O. The standard InChI is InChI=1S/C14H23N5O.HI/c1-3-15-14(17-12-4-5-12)19-6-7-20-13(10-19)11-8-16-18(2)9-11;/h8-9,12-13H,3-7,10H2,1-2H3,(H,15,17);1H. The molecule has 0 aromatic carbocycles. The van der Waals surface area contributed by atoms with Gasteiger partial charge in [0.15, 0.2) is 5.96 Å². The number of rotatable bonds is 3. The third-order valence-corrected chi connectivity index (χ3v) is 3.68. The molecule has 1 unspecified atom stereocenters. The van der Waals surface area contributed by atoms with E-state index in [1.165, 1.54) is 12.8 Å². The third-order valence-electron chi connectivity index (χ3n) is 3.68. The van der Waals surface area contributed by atoms with E-state index in [9.17, 15) is 0 Å². The molecule has 1 N–H and O–H groups in total. The van der Waals surface area contributed by atoms with Gasteiger partial charge in [-0.2, -0.15) is 5.10 Å². The van der Waals surface area contributed by atoms with Crippen LogP contribution >= 0.6 is 24.0 Å². The molecule has 2 heterocycles. The van der Waals surface area contributed by atoms with E-state index in [0.29, 0.717) is 6.04 Å². The number of morpholine rings is 1. The normalized spacial score (nSPS) is 22.9. The molecule has 1 aliphatic carbocycles. The average molecular weight is 405 g/mol. The molecule has 1 saturated heterocycles. The monoisotopic (exact) mass is 405 g/mol. The van der Waals surface area contributed by atoms with Gasteiger partial charge in [0.1, 0.15) is 6.10 Å². The van der Waals surface area contributed by atoms with Crippen LogP contribution in [-0.4, -0.2) is 52.9 Å². The summed E-state index contributed by atoms with van der Waals surface area (Å²) in [5.74, 6) is 1.03. The zero-order valence-electron chi connectivity index (χ0n) is 12.7. The smallest absolute Gasteiger partial charge is 0.194 e. The van der Waals surface area contributed by atoms with Crippen LogP contribution in [0, 0.1) is 0 Å². The Labute approximate surface area is 143 Å². The van der Waals surface area contributed by atoms with Crippen LogP contribution in [0.4, 0.5) is 0 Å². The van der Waals surface area contributed by atoms with Crippen LogP contribution in [0.3, 0.4) is 0 Å². The van der Waals surface area contributed by atoms with E-state index in [1.54, 1.807) is 0 Å². The van der Waals surface area contributed by atoms with Crippen molar-refractivity contribution in [3.63, 3.8) is 0 Å². The minimum atomic E-state index is 0. The molecule has 0 bridgehead atoms. The van der Waals surface area contributed by atoms with E-state index >= 15 is 0 Å². The number of nitrogens with one attached hydrogen (secondary N) is 1. The Morgan fingerprint density at radius 2 is 2.33 bits per heavy atom. The van der Waals surface area contributed by atoms with Crippen LogP contribution in [0.15, 0.2) is 17.4 Å². The highest BCUT2D eigenvalue weighted by atomic mass is 127. The lowest BCUT2D eigenvalue weighted by Gasteiger charge is -2.35. The van der Waals surface area contributed by atoms with Crippen LogP contribution < -0.4 is 5.32 Å². The first-order chi connectivity index (χ1) is 9.76. The fraction of sp³-hybridized carbons (Fsp3) is 0.714. The third kappa shape index (κ3) is 4.32. The number of hydrogen-bond acceptors (Lipinski definition) is 3. The first-order valence-electron chi connectivity index (χ1n) is 7.42. The van der Waals surface area contributed by atoms with E-state index < -0.39 is 0 Å². The average Bonchev–Trinajstić information content (AvgIpc) is 3.17. The zero-order chi connectivity index (χ0) is 13.9. The molecule has 1 aliphatic heterocycles. The van der Waals surface area contributed by atoms with Crippen LogP contribution in [0.25, 0.3) is 0 Å². The van der Waals surface area contributed by atoms with Gasteiger partial charge in [-0.05, 0) is 19.8 Å². The summed E-state index contributed by atoms with van der Waals surface area (Å²) in [6.45, 7) is 5.35. The predicted octanol–water partition coefficient (Wildman–Crippen LogP) is 1.54. The molecule has 0 spiro atoms. The fourth-order valence-electron chi connectivity index (χ4n) is 2.45. The van der Waals surface area contributed by atoms with Crippen molar-refractivity contribution in [3.8, 4) is 0 Å². The maximum absolute atomic E-state index is 5.88. The van der Waals surface area contributed by atoms with Gasteiger partial charge in [-0.15, -0.1) is 24.0 Å². The van der Waals surface area contributed by atoms with Gasteiger partial charge in [-0.3, -0.25) is 9.67 Å². The number of hydrogen-bond donors (Lipinski definition) is 1. The van der Waals surface area contributed by atoms with Crippen molar-refractivity contribution in [2.45, 2.75) is 31.9 Å². The molecule has 1 saturated carbocycles. The molecule has 6 nitrogen and oxygen atoms in total. The molecule has 2 aliphatic rings. The van der Waals surface area contributed by atoms with Crippen molar-refractivity contribution < 1.29 is 4.74 Å². The van der Waals surface area contributed by atoms with E-state index in [1.807, 2.05) is 24.1 Å². The Hall–Kier alpha value is -0.830. The van der Waals surface area contributed by atoms with E-state index in [4.69, 9.17) is 4.74 Å². The van der Waals surface area contributed by atoms with Crippen molar-refractivity contribution in [3.05, 3.63) is 18.0 Å². The van der Waals surface area contributed by atoms with Crippen molar-refractivity contribution in [2.75, 3.05) is 26.2 Å². The quantitative estimate of drug-likeness (QED) is 0.471. The van der Waals surface area contributed by atoms with E-state index in [-0.39, 0.29) is 30.1 Å². The van der Waals surface area contributed by atoms with Gasteiger partial charge in [-0.25, -0.2) is 0 Å². The van der Waals surface area contributed by atoms with E-state index in [2.05, 4.69) is 27.2 Å². The first kappa shape index (κ1) is 16.5. The first-order valence-corrected chi connectivity index (χ1v) is 7.42. The lowest BCUT2D eigenvalue weighted by atomic mass is 10.1. The number of ether oxygens (including phenoxy) is 1. The number of nitrogens with zero attached hydrogens (tertiary/aromatic N) is 4. The second kappa shape index (κ2) is 7.44. The highest BCUT2D eigenvalue weighted by Crippen LogP contribution is 2.23. The molecule has 1 atom stereocenters. The molecule has 7 heteroatoms. The summed E-state index contributed by atoms with van der Waals surface area (Å²) in [6.07, 6.45) is 6.52. The molecule has 0 radical (unpaired) electrons. The van der Waals surface area contributed by atoms with Crippen molar-refractivity contribution in [1.82, 2.24) is 20.0 Å². The van der Waals surface area contributed by atoms with Crippen LogP contribution in [0.2, 0.25) is 0 Å². The largest absolute Gasteiger partial charge is 0.370 e. The Kier molecular flexibility index (Phi) is 5.86. The molecule has 3 rings (SSSR count). The summed E-state index contributed by atoms with van der Waals surface area (Å²) in [7, 11) is 1.93. The second-order valence-electron chi connectivity index (χ2n) is 5.47. The summed E-state index contributed by atoms with van der Waals surface area (Å²) in [4.78, 5) is 6.92. The number of guanidine groups is 1. The summed E-state index contributed by atoms with van der Waals surface area (Å²) < 4.78 is 7.70. The highest BCUT2D eigenvalue weighted by molar-refractivity contribution is 14.0. The maximum atomic E-state index is 5.88. The van der Waals surface area contributed by atoms with Gasteiger partial charge in [0.05, 0.1) is 19.3 Å². The topological polar surface area (TPSA) is 54.7 Å². The summed E-state index contributed by atoms with van der Waals surface area (Å²) in [6, 6.07) is 0.625. The number of aromatic nitrogens is 2. The van der Waals surface area contributed by atoms with Gasteiger partial charge >= 0.3 is 0 Å². The summed E-state index contributed by atoms with van der Waals surface area (Å²) in [5, 5.41) is 7.77. The number of halogens is 1. The SMILES string of the molecule is CCN=C(NC1CC1)N1CCOC(c2cnn(C)c2)C1.I. The molecule has 0 amide bonds. The van der Waals surface area contributed by atoms with E-state index in [0.717, 1.165) is 37.8 Å². The predicted molar refractivity (Wildman–Crippen MR) is 93.0 cm³/mol. The van der Waals surface area contributed by atoms with Crippen LogP contribution in [0.5, 0.6) is 0 Å². The Morgan fingerprint density at radius 1 is 1.52 bits per heavy atom. The second-order valence-corrected chi connectivity index (χ2v) is 5.47. The van der Waals surface area contributed by atoms with Gasteiger partial charge < -0.3 is 15.0 Å². The molecule has 21 heavy (non-hydrogen) atoms. The van der Waals surface area contributed by atoms with Gasteiger partial charge in [-0.1, -0.05) is 0 Å². The fourth-order valence-corrected chi connectivity index (χ4v) is 2.45. The van der Waals surface area contributed by atoms with Gasteiger partial charge in [0, 0.05) is 37.9 Å². The lowest BCUT2D eigenvalue weighted by molar-refractivity contribution is -0.00809. The molecule has 1 aromatic heterocycles. The Balaban J connectivity index is 0.00000161. The minimum absolute atomic E-state index is 0. The molecule has 1 aromatic rings. The van der Waals surface area contributed by atoms with Crippen molar-refractivity contribution >= 4 is 29.9 Å². The van der Waals surface area contributed by atoms with Gasteiger partial charge in [0.2, 0.25) is 0 Å². The molecule has 118 valence electrons. The minimum Gasteiger partial charge on any atom is -0.370 e. The maximum Gasteiger partial charge on any atom is 0.194 e. The Bertz CT molecular complexity index is 485. The highest BCUT2D eigenvalue weighted by Gasteiger charge is 2.29. The molecular weight excluding hydrogens is 381 g/mol. The summed E-state index contributed by atoms with van der Waals surface area (Å²) >= 11 is 0. The summed E-state index contributed by atoms with van der Waals surface area (Å²) in [5.41, 5.74) is 1.14. The van der Waals surface area contributed by atoms with Crippen LogP contribution in [0.1, 0.15) is 31.4 Å². The van der Waals surface area contributed by atoms with Crippen molar-refractivity contribution in [1.29, 1.82) is 0 Å². The Morgan fingerprint density at radius 3 is 2.95 bits per heavy atom. The number of aliphatic imine (C=N–C) groups is 1. The molecule has 2 fully saturated rings. The van der Waals surface area contributed by atoms with Crippen molar-refractivity contribution in [2.24, 2.45) is 12.0 Å². The lowest BCUT2D eigenvalue weighted by Crippen LogP contribution is -2.48.